The van der Waals surface area contributed by atoms with Gasteiger partial charge in [0.1, 0.15) is 10.4 Å². The van der Waals surface area contributed by atoms with Crippen LogP contribution in [0.4, 0.5) is 0 Å². The van der Waals surface area contributed by atoms with Crippen molar-refractivity contribution in [2.24, 2.45) is 11.3 Å². The third kappa shape index (κ3) is 4.14. The molecule has 0 saturated heterocycles. The summed E-state index contributed by atoms with van der Waals surface area (Å²) in [5, 5.41) is 8.23. The van der Waals surface area contributed by atoms with Crippen LogP contribution >= 0.6 is 15.9 Å². The summed E-state index contributed by atoms with van der Waals surface area (Å²) in [6, 6.07) is 5.88. The lowest BCUT2D eigenvalue weighted by molar-refractivity contribution is -0.129. The first-order valence-corrected chi connectivity index (χ1v) is 13.9. The van der Waals surface area contributed by atoms with Gasteiger partial charge in [0.15, 0.2) is 5.65 Å². The minimum atomic E-state index is -3.25. The molecular formula is C23H27BrN6O3S. The highest BCUT2D eigenvalue weighted by molar-refractivity contribution is 9.10. The number of carbonyl (C=O) groups is 1. The van der Waals surface area contributed by atoms with E-state index in [1.807, 2.05) is 25.1 Å². The highest BCUT2D eigenvalue weighted by atomic mass is 79.9. The zero-order valence-corrected chi connectivity index (χ0v) is 21.8. The Morgan fingerprint density at radius 3 is 2.79 bits per heavy atom. The molecule has 3 heterocycles. The van der Waals surface area contributed by atoms with Gasteiger partial charge in [-0.1, -0.05) is 13.0 Å². The molecule has 9 nitrogen and oxygen atoms in total. The summed E-state index contributed by atoms with van der Waals surface area (Å²) < 4.78 is 27.8. The number of benzene rings is 1. The summed E-state index contributed by atoms with van der Waals surface area (Å²) in [7, 11) is -1.56. The fourth-order valence-electron chi connectivity index (χ4n) is 5.20. The molecule has 180 valence electrons. The van der Waals surface area contributed by atoms with Crippen molar-refractivity contribution in [1.29, 1.82) is 0 Å². The van der Waals surface area contributed by atoms with Crippen molar-refractivity contribution in [2.45, 2.75) is 45.7 Å². The molecule has 0 radical (unpaired) electrons. The second kappa shape index (κ2) is 8.39. The molecule has 0 bridgehead atoms. The van der Waals surface area contributed by atoms with Crippen LogP contribution in [0.25, 0.3) is 16.7 Å². The molecule has 11 heteroatoms. The van der Waals surface area contributed by atoms with Crippen LogP contribution < -0.4 is 5.32 Å². The van der Waals surface area contributed by atoms with Gasteiger partial charge >= 0.3 is 0 Å². The van der Waals surface area contributed by atoms with Gasteiger partial charge in [0.05, 0.1) is 17.3 Å². The molecule has 0 unspecified atom stereocenters. The smallest absolute Gasteiger partial charge is 0.225 e. The number of carbonyl (C=O) groups excluding carboxylic acids is 1. The number of aromatic nitrogens is 4. The minimum absolute atomic E-state index is 0.0967. The number of fused-ring (bicyclic) bond motifs is 2. The van der Waals surface area contributed by atoms with Crippen LogP contribution in [0.2, 0.25) is 0 Å². The third-order valence-electron chi connectivity index (χ3n) is 7.12. The number of nitrogens with one attached hydrogen (secondary N) is 1. The van der Waals surface area contributed by atoms with E-state index >= 15 is 0 Å². The molecular weight excluding hydrogens is 520 g/mol. The predicted octanol–water partition coefficient (Wildman–Crippen LogP) is 2.95. The molecule has 1 saturated carbocycles. The largest absolute Gasteiger partial charge is 0.359 e. The Bertz CT molecular complexity index is 1410. The lowest BCUT2D eigenvalue weighted by atomic mass is 9.86. The Morgan fingerprint density at radius 1 is 1.29 bits per heavy atom. The van der Waals surface area contributed by atoms with Crippen molar-refractivity contribution in [3.8, 4) is 5.69 Å². The fraction of sp³-hybridized carbons (Fsp3) is 0.478. The molecule has 2 atom stereocenters. The zero-order chi connectivity index (χ0) is 24.3. The Balaban J connectivity index is 1.43. The van der Waals surface area contributed by atoms with Gasteiger partial charge < -0.3 is 5.32 Å². The van der Waals surface area contributed by atoms with E-state index in [-0.39, 0.29) is 11.3 Å². The number of hydrogen-bond donors (Lipinski definition) is 1. The number of halogens is 1. The standard InChI is InChI=1S/C23H27BrN6O3S/c1-23(22(31)25-2)7-6-14(10-23)8-19-26-11-18-20(24)28-30(21(18)27-19)17-5-4-15-12-29(34(3,32)33)13-16(15)9-17/h4-5,9,11,14H,6-8,10,12-13H2,1-3H3,(H,25,31)/t14-,23+/m0/s1. The van der Waals surface area contributed by atoms with Crippen molar-refractivity contribution >= 4 is 42.9 Å². The highest BCUT2D eigenvalue weighted by Gasteiger charge is 2.40. The van der Waals surface area contributed by atoms with E-state index in [0.717, 1.165) is 47.3 Å². The van der Waals surface area contributed by atoms with E-state index in [0.29, 0.717) is 35.7 Å². The quantitative estimate of drug-likeness (QED) is 0.526. The van der Waals surface area contributed by atoms with Crippen LogP contribution in [0.1, 0.15) is 43.1 Å². The van der Waals surface area contributed by atoms with Crippen LogP contribution in [-0.2, 0) is 34.3 Å². The van der Waals surface area contributed by atoms with E-state index < -0.39 is 10.0 Å². The molecule has 3 aromatic rings. The SMILES string of the molecule is CNC(=O)[C@]1(C)CC[C@@H](Cc2ncc3c(Br)nn(-c4ccc5c(c4)CN(S(C)(=O)=O)C5)c3n2)C1. The van der Waals surface area contributed by atoms with Gasteiger partial charge in [0, 0.05) is 38.2 Å². The average Bonchev–Trinajstić information content (AvgIpc) is 3.48. The van der Waals surface area contributed by atoms with Crippen molar-refractivity contribution in [1.82, 2.24) is 29.4 Å². The van der Waals surface area contributed by atoms with Crippen molar-refractivity contribution < 1.29 is 13.2 Å². The Labute approximate surface area is 207 Å². The molecule has 2 aliphatic rings. The van der Waals surface area contributed by atoms with Gasteiger partial charge in [-0.15, -0.1) is 0 Å². The molecule has 0 spiro atoms. The fourth-order valence-corrected chi connectivity index (χ4v) is 6.39. The van der Waals surface area contributed by atoms with E-state index in [4.69, 9.17) is 4.98 Å². The van der Waals surface area contributed by atoms with Crippen molar-refractivity contribution in [3.63, 3.8) is 0 Å². The number of nitrogens with zero attached hydrogens (tertiary/aromatic N) is 5. The monoisotopic (exact) mass is 546 g/mol. The molecule has 2 aromatic heterocycles. The maximum Gasteiger partial charge on any atom is 0.225 e. The average molecular weight is 547 g/mol. The molecule has 5 rings (SSSR count). The topological polar surface area (TPSA) is 110 Å². The van der Waals surface area contributed by atoms with Gasteiger partial charge in [-0.25, -0.2) is 23.1 Å². The molecule has 1 aliphatic heterocycles. The van der Waals surface area contributed by atoms with Crippen molar-refractivity contribution in [3.05, 3.63) is 46.0 Å². The first-order chi connectivity index (χ1) is 16.1. The Morgan fingerprint density at radius 2 is 2.06 bits per heavy atom. The van der Waals surface area contributed by atoms with E-state index in [9.17, 15) is 13.2 Å². The van der Waals surface area contributed by atoms with Crippen LogP contribution in [0.15, 0.2) is 29.0 Å². The summed E-state index contributed by atoms with van der Waals surface area (Å²) in [4.78, 5) is 21.7. The lowest BCUT2D eigenvalue weighted by Crippen LogP contribution is -2.35. The maximum atomic E-state index is 12.3. The van der Waals surface area contributed by atoms with Gasteiger partial charge in [-0.3, -0.25) is 4.79 Å². The summed E-state index contributed by atoms with van der Waals surface area (Å²) in [6.07, 6.45) is 6.38. The Hall–Kier alpha value is -2.37. The van der Waals surface area contributed by atoms with Gasteiger partial charge in [0.2, 0.25) is 15.9 Å². The molecule has 1 N–H and O–H groups in total. The molecule has 1 aromatic carbocycles. The minimum Gasteiger partial charge on any atom is -0.359 e. The molecule has 1 aliphatic carbocycles. The predicted molar refractivity (Wildman–Crippen MR) is 132 cm³/mol. The third-order valence-corrected chi connectivity index (χ3v) is 8.90. The lowest BCUT2D eigenvalue weighted by Gasteiger charge is -2.21. The molecule has 1 amide bonds. The first-order valence-electron chi connectivity index (χ1n) is 11.3. The Kier molecular flexibility index (Phi) is 5.77. The summed E-state index contributed by atoms with van der Waals surface area (Å²) in [5.41, 5.74) is 3.15. The molecule has 1 fully saturated rings. The van der Waals surface area contributed by atoms with Crippen LogP contribution in [-0.4, -0.2) is 51.7 Å². The van der Waals surface area contributed by atoms with Crippen molar-refractivity contribution in [2.75, 3.05) is 13.3 Å². The van der Waals surface area contributed by atoms with E-state index in [2.05, 4.69) is 31.3 Å². The summed E-state index contributed by atoms with van der Waals surface area (Å²) in [6.45, 7) is 2.77. The van der Waals surface area contributed by atoms with Gasteiger partial charge in [-0.05, 0) is 64.4 Å². The number of sulfonamides is 1. The normalized spacial score (nSPS) is 22.9. The van der Waals surface area contributed by atoms with Gasteiger partial charge in [-0.2, -0.15) is 9.40 Å². The second-order valence-corrected chi connectivity index (χ2v) is 12.4. The van der Waals surface area contributed by atoms with E-state index in [1.165, 1.54) is 10.6 Å². The van der Waals surface area contributed by atoms with Crippen LogP contribution in [0.5, 0.6) is 0 Å². The second-order valence-electron chi connectivity index (χ2n) is 9.66. The number of amides is 1. The number of hydrogen-bond acceptors (Lipinski definition) is 6. The summed E-state index contributed by atoms with van der Waals surface area (Å²) in [5.74, 6) is 1.18. The number of rotatable bonds is 5. The summed E-state index contributed by atoms with van der Waals surface area (Å²) >= 11 is 3.52. The van der Waals surface area contributed by atoms with Crippen LogP contribution in [0.3, 0.4) is 0 Å². The first kappa shape index (κ1) is 23.4. The molecule has 34 heavy (non-hydrogen) atoms. The maximum absolute atomic E-state index is 12.3. The van der Waals surface area contributed by atoms with Crippen LogP contribution in [0, 0.1) is 11.3 Å². The van der Waals surface area contributed by atoms with E-state index in [1.54, 1.807) is 17.9 Å². The highest BCUT2D eigenvalue weighted by Crippen LogP contribution is 2.42. The zero-order valence-electron chi connectivity index (χ0n) is 19.4. The van der Waals surface area contributed by atoms with Gasteiger partial charge in [0.25, 0.3) is 0 Å².